The molecule has 2 aromatic heterocycles. The Labute approximate surface area is 146 Å². The molecule has 2 aromatic rings. The van der Waals surface area contributed by atoms with Crippen LogP contribution in [0.2, 0.25) is 0 Å². The van der Waals surface area contributed by atoms with Crippen LogP contribution in [0.3, 0.4) is 0 Å². The van der Waals surface area contributed by atoms with E-state index in [9.17, 15) is 4.79 Å². The lowest BCUT2D eigenvalue weighted by Crippen LogP contribution is -2.40. The van der Waals surface area contributed by atoms with Gasteiger partial charge in [0.15, 0.2) is 5.82 Å². The predicted octanol–water partition coefficient (Wildman–Crippen LogP) is 1.28. The number of ether oxygens (including phenoxy) is 1. The molecule has 2 aliphatic heterocycles. The molecule has 7 heteroatoms. The summed E-state index contributed by atoms with van der Waals surface area (Å²) in [6, 6.07) is 3.87. The number of hydrogen-bond donors (Lipinski definition) is 0. The van der Waals surface area contributed by atoms with Crippen LogP contribution < -0.4 is 4.90 Å². The molecule has 1 saturated heterocycles. The van der Waals surface area contributed by atoms with E-state index in [4.69, 9.17) is 14.7 Å². The largest absolute Gasteiger partial charge is 0.378 e. The van der Waals surface area contributed by atoms with Crippen LogP contribution >= 0.6 is 0 Å². The van der Waals surface area contributed by atoms with Gasteiger partial charge >= 0.3 is 0 Å². The molecule has 4 rings (SSSR count). The van der Waals surface area contributed by atoms with Gasteiger partial charge in [0.2, 0.25) is 5.91 Å². The summed E-state index contributed by atoms with van der Waals surface area (Å²) in [4.78, 5) is 29.8. The number of amides is 1. The van der Waals surface area contributed by atoms with Crippen LogP contribution in [-0.2, 0) is 22.5 Å². The highest BCUT2D eigenvalue weighted by molar-refractivity contribution is 5.74. The maximum atomic E-state index is 11.8. The van der Waals surface area contributed by atoms with Crippen LogP contribution in [0, 0.1) is 0 Å². The molecule has 0 atom stereocenters. The number of rotatable bonds is 2. The minimum Gasteiger partial charge on any atom is -0.378 e. The van der Waals surface area contributed by atoms with E-state index in [1.807, 2.05) is 17.0 Å². The van der Waals surface area contributed by atoms with Gasteiger partial charge in [-0.1, -0.05) is 0 Å². The molecule has 0 unspecified atom stereocenters. The van der Waals surface area contributed by atoms with Crippen LogP contribution in [0.5, 0.6) is 0 Å². The second-order valence-electron chi connectivity index (χ2n) is 6.33. The number of hydrogen-bond acceptors (Lipinski definition) is 6. The van der Waals surface area contributed by atoms with E-state index < -0.39 is 0 Å². The van der Waals surface area contributed by atoms with Gasteiger partial charge in [-0.2, -0.15) is 0 Å². The monoisotopic (exact) mass is 339 g/mol. The van der Waals surface area contributed by atoms with Gasteiger partial charge in [0.1, 0.15) is 5.82 Å². The summed E-state index contributed by atoms with van der Waals surface area (Å²) in [6.45, 7) is 5.88. The molecule has 0 bridgehead atoms. The average molecular weight is 339 g/mol. The highest BCUT2D eigenvalue weighted by atomic mass is 16.5. The molecule has 2 aliphatic rings. The zero-order valence-electron chi connectivity index (χ0n) is 14.3. The van der Waals surface area contributed by atoms with E-state index in [1.165, 1.54) is 0 Å². The number of aromatic nitrogens is 3. The normalized spacial score (nSPS) is 17.3. The van der Waals surface area contributed by atoms with Crippen molar-refractivity contribution in [2.24, 2.45) is 0 Å². The third kappa shape index (κ3) is 3.19. The van der Waals surface area contributed by atoms with Gasteiger partial charge in [-0.3, -0.25) is 9.78 Å². The van der Waals surface area contributed by atoms with Crippen LogP contribution in [0.25, 0.3) is 11.4 Å². The first-order valence-electron chi connectivity index (χ1n) is 8.61. The lowest BCUT2D eigenvalue weighted by Gasteiger charge is -2.34. The maximum absolute atomic E-state index is 11.8. The molecule has 0 N–H and O–H groups in total. The number of carbonyl (C=O) groups excluding carboxylic acids is 1. The molecule has 1 amide bonds. The molecule has 130 valence electrons. The van der Waals surface area contributed by atoms with E-state index in [0.29, 0.717) is 32.1 Å². The van der Waals surface area contributed by atoms with Gasteiger partial charge in [-0.15, -0.1) is 0 Å². The lowest BCUT2D eigenvalue weighted by atomic mass is 10.0. The zero-order valence-corrected chi connectivity index (χ0v) is 14.3. The Morgan fingerprint density at radius 1 is 1.20 bits per heavy atom. The molecule has 1 fully saturated rings. The Morgan fingerprint density at radius 2 is 2.04 bits per heavy atom. The van der Waals surface area contributed by atoms with E-state index in [1.54, 1.807) is 19.3 Å². The molecule has 4 heterocycles. The van der Waals surface area contributed by atoms with Crippen molar-refractivity contribution in [2.45, 2.75) is 19.9 Å². The van der Waals surface area contributed by atoms with E-state index in [-0.39, 0.29) is 5.91 Å². The summed E-state index contributed by atoms with van der Waals surface area (Å²) in [6.07, 6.45) is 4.28. The summed E-state index contributed by atoms with van der Waals surface area (Å²) in [5.74, 6) is 1.72. The second-order valence-corrected chi connectivity index (χ2v) is 6.33. The first-order chi connectivity index (χ1) is 12.2. The van der Waals surface area contributed by atoms with Crippen molar-refractivity contribution >= 4 is 11.7 Å². The highest BCUT2D eigenvalue weighted by Gasteiger charge is 2.27. The van der Waals surface area contributed by atoms with Gasteiger partial charge in [-0.05, 0) is 12.1 Å². The summed E-state index contributed by atoms with van der Waals surface area (Å²) in [5, 5.41) is 0. The van der Waals surface area contributed by atoms with E-state index in [2.05, 4.69) is 9.88 Å². The van der Waals surface area contributed by atoms with E-state index in [0.717, 1.165) is 42.1 Å². The first-order valence-corrected chi connectivity index (χ1v) is 8.61. The molecular formula is C18H21N5O2. The molecule has 0 spiro atoms. The van der Waals surface area contributed by atoms with Crippen LogP contribution in [0.15, 0.2) is 24.5 Å². The molecule has 25 heavy (non-hydrogen) atoms. The minimum atomic E-state index is 0.0925. The number of morpholine rings is 1. The zero-order chi connectivity index (χ0) is 17.2. The number of fused-ring (bicyclic) bond motifs is 1. The fourth-order valence-electron chi connectivity index (χ4n) is 3.33. The van der Waals surface area contributed by atoms with Crippen molar-refractivity contribution in [3.05, 3.63) is 35.8 Å². The Hall–Kier alpha value is -2.54. The Morgan fingerprint density at radius 3 is 2.76 bits per heavy atom. The standard InChI is InChI=1S/C18H21N5O2/c1-13(24)23-6-4-16-15(12-23)18(22-7-9-25-10-8-22)21-17(20-16)14-3-2-5-19-11-14/h2-3,5,11H,4,6-10,12H2,1H3. The maximum Gasteiger partial charge on any atom is 0.219 e. The minimum absolute atomic E-state index is 0.0925. The summed E-state index contributed by atoms with van der Waals surface area (Å²) in [7, 11) is 0. The Balaban J connectivity index is 1.79. The Kier molecular flexibility index (Phi) is 4.31. The average Bonchev–Trinajstić information content (AvgIpc) is 2.68. The van der Waals surface area contributed by atoms with Gasteiger partial charge in [0.05, 0.1) is 25.5 Å². The molecule has 0 aromatic carbocycles. The van der Waals surface area contributed by atoms with Gasteiger partial charge < -0.3 is 14.5 Å². The SMILES string of the molecule is CC(=O)N1CCc2nc(-c3cccnc3)nc(N3CCOCC3)c2C1. The fourth-order valence-corrected chi connectivity index (χ4v) is 3.33. The summed E-state index contributed by atoms with van der Waals surface area (Å²) < 4.78 is 5.48. The number of carbonyl (C=O) groups is 1. The molecule has 0 aliphatic carbocycles. The smallest absolute Gasteiger partial charge is 0.219 e. The van der Waals surface area contributed by atoms with Crippen molar-refractivity contribution in [3.8, 4) is 11.4 Å². The Bertz CT molecular complexity index is 775. The quantitative estimate of drug-likeness (QED) is 0.821. The topological polar surface area (TPSA) is 71.5 Å². The molecular weight excluding hydrogens is 318 g/mol. The molecule has 0 radical (unpaired) electrons. The van der Waals surface area contributed by atoms with Crippen molar-refractivity contribution in [3.63, 3.8) is 0 Å². The number of anilines is 1. The highest BCUT2D eigenvalue weighted by Crippen LogP contribution is 2.30. The fraction of sp³-hybridized carbons (Fsp3) is 0.444. The number of pyridine rings is 1. The van der Waals surface area contributed by atoms with Gasteiger partial charge in [0, 0.05) is 56.5 Å². The number of nitrogens with zero attached hydrogens (tertiary/aromatic N) is 5. The third-order valence-electron chi connectivity index (χ3n) is 4.71. The third-order valence-corrected chi connectivity index (χ3v) is 4.71. The van der Waals surface area contributed by atoms with Crippen molar-refractivity contribution in [2.75, 3.05) is 37.7 Å². The molecule has 0 saturated carbocycles. The van der Waals surface area contributed by atoms with Crippen molar-refractivity contribution < 1.29 is 9.53 Å². The summed E-state index contributed by atoms with van der Waals surface area (Å²) >= 11 is 0. The molecule has 7 nitrogen and oxygen atoms in total. The predicted molar refractivity (Wildman–Crippen MR) is 93.1 cm³/mol. The second kappa shape index (κ2) is 6.76. The van der Waals surface area contributed by atoms with Crippen LogP contribution in [-0.4, -0.2) is 58.6 Å². The summed E-state index contributed by atoms with van der Waals surface area (Å²) in [5.41, 5.74) is 3.01. The van der Waals surface area contributed by atoms with Gasteiger partial charge in [0.25, 0.3) is 0 Å². The van der Waals surface area contributed by atoms with Crippen molar-refractivity contribution in [1.29, 1.82) is 0 Å². The van der Waals surface area contributed by atoms with Crippen molar-refractivity contribution in [1.82, 2.24) is 19.9 Å². The van der Waals surface area contributed by atoms with E-state index >= 15 is 0 Å². The van der Waals surface area contributed by atoms with Gasteiger partial charge in [-0.25, -0.2) is 9.97 Å². The van der Waals surface area contributed by atoms with Crippen LogP contribution in [0.1, 0.15) is 18.2 Å². The van der Waals surface area contributed by atoms with Crippen LogP contribution in [0.4, 0.5) is 5.82 Å². The first kappa shape index (κ1) is 16.0. The lowest BCUT2D eigenvalue weighted by molar-refractivity contribution is -0.129.